The number of nitrogens with zero attached hydrogens (tertiary/aromatic N) is 2. The quantitative estimate of drug-likeness (QED) is 0.593. The zero-order valence-corrected chi connectivity index (χ0v) is 18.6. The van der Waals surface area contributed by atoms with Gasteiger partial charge in [0.15, 0.2) is 15.0 Å². The molecule has 1 saturated heterocycles. The monoisotopic (exact) mass is 494 g/mol. The third-order valence-corrected chi connectivity index (χ3v) is 7.94. The highest BCUT2D eigenvalue weighted by Crippen LogP contribution is 2.35. The van der Waals surface area contributed by atoms with Gasteiger partial charge < -0.3 is 9.64 Å². The summed E-state index contributed by atoms with van der Waals surface area (Å²) in [5.74, 6) is -0.0975. The van der Waals surface area contributed by atoms with Crippen LogP contribution in [-0.4, -0.2) is 48.9 Å². The number of ether oxygens (including phenoxy) is 1. The maximum atomic E-state index is 12.2. The average molecular weight is 495 g/mol. The molecule has 0 radical (unpaired) electrons. The van der Waals surface area contributed by atoms with Gasteiger partial charge in [-0.1, -0.05) is 58.0 Å². The molecule has 2 aromatic rings. The maximum Gasteiger partial charge on any atom is 0.316 e. The molecule has 2 aliphatic rings. The van der Waals surface area contributed by atoms with Gasteiger partial charge in [-0.15, -0.1) is 0 Å². The molecule has 0 unspecified atom stereocenters. The first-order valence-corrected chi connectivity index (χ1v) is 12.7. The smallest absolute Gasteiger partial charge is 0.316 e. The Bertz CT molecular complexity index is 1030. The number of sulfone groups is 1. The topological polar surface area (TPSA) is 76.0 Å². The maximum absolute atomic E-state index is 12.2. The van der Waals surface area contributed by atoms with Crippen molar-refractivity contribution in [2.75, 3.05) is 22.2 Å². The summed E-state index contributed by atoms with van der Waals surface area (Å²) in [6.07, 6.45) is 0. The summed E-state index contributed by atoms with van der Waals surface area (Å²) in [5, 5.41) is 0.661. The summed E-state index contributed by atoms with van der Waals surface area (Å²) in [7, 11) is -3.11. The summed E-state index contributed by atoms with van der Waals surface area (Å²) < 4.78 is 30.4. The molecule has 2 aromatic carbocycles. The average Bonchev–Trinajstić information content (AvgIpc) is 3.17. The van der Waals surface area contributed by atoms with Gasteiger partial charge in [-0.2, -0.15) is 0 Å². The second-order valence-electron chi connectivity index (χ2n) is 6.90. The highest BCUT2D eigenvalue weighted by atomic mass is 79.9. The summed E-state index contributed by atoms with van der Waals surface area (Å²) in [6, 6.07) is 16.6. The molecular formula is C20H19BrN2O4S2. The van der Waals surface area contributed by atoms with E-state index in [4.69, 9.17) is 4.74 Å². The zero-order chi connectivity index (χ0) is 20.4. The normalized spacial score (nSPS) is 22.2. The molecule has 29 heavy (non-hydrogen) atoms. The number of hydrogen-bond donors (Lipinski definition) is 0. The van der Waals surface area contributed by atoms with Crippen molar-refractivity contribution in [3.05, 3.63) is 64.6 Å². The van der Waals surface area contributed by atoms with Crippen LogP contribution < -0.4 is 4.90 Å². The van der Waals surface area contributed by atoms with E-state index in [9.17, 15) is 13.2 Å². The summed E-state index contributed by atoms with van der Waals surface area (Å²) in [6.45, 7) is 0.229. The lowest BCUT2D eigenvalue weighted by Crippen LogP contribution is -2.39. The van der Waals surface area contributed by atoms with E-state index < -0.39 is 9.84 Å². The molecule has 1 fully saturated rings. The van der Waals surface area contributed by atoms with Crippen LogP contribution in [-0.2, 0) is 26.0 Å². The van der Waals surface area contributed by atoms with Crippen molar-refractivity contribution in [3.8, 4) is 0 Å². The van der Waals surface area contributed by atoms with Crippen molar-refractivity contribution in [2.24, 2.45) is 4.99 Å². The molecule has 9 heteroatoms. The van der Waals surface area contributed by atoms with E-state index in [2.05, 4.69) is 20.9 Å². The van der Waals surface area contributed by atoms with Crippen LogP contribution in [0.15, 0.2) is 64.1 Å². The second-order valence-corrected chi connectivity index (χ2v) is 10.9. The van der Waals surface area contributed by atoms with Crippen LogP contribution in [0.3, 0.4) is 0 Å². The SMILES string of the molecule is O=C(CSC1=N[C@@H]2CS(=O)(=O)C[C@H]2N1c1ccc(Br)cc1)OCc1ccccc1. The highest BCUT2D eigenvalue weighted by Gasteiger charge is 2.47. The highest BCUT2D eigenvalue weighted by molar-refractivity contribution is 9.10. The van der Waals surface area contributed by atoms with Crippen LogP contribution in [0.1, 0.15) is 5.56 Å². The van der Waals surface area contributed by atoms with Crippen LogP contribution in [0.25, 0.3) is 0 Å². The number of rotatable bonds is 5. The number of halogens is 1. The number of fused-ring (bicyclic) bond motifs is 1. The summed E-state index contributed by atoms with van der Waals surface area (Å²) in [4.78, 5) is 18.8. The van der Waals surface area contributed by atoms with Crippen molar-refractivity contribution < 1.29 is 17.9 Å². The van der Waals surface area contributed by atoms with Crippen LogP contribution >= 0.6 is 27.7 Å². The predicted molar refractivity (Wildman–Crippen MR) is 119 cm³/mol. The van der Waals surface area contributed by atoms with E-state index in [0.717, 1.165) is 15.7 Å². The molecule has 0 N–H and O–H groups in total. The molecule has 4 rings (SSSR count). The molecule has 152 valence electrons. The molecule has 2 aliphatic heterocycles. The third kappa shape index (κ3) is 4.84. The number of amidine groups is 1. The third-order valence-electron chi connectivity index (χ3n) is 4.77. The fraction of sp³-hybridized carbons (Fsp3) is 0.300. The zero-order valence-electron chi connectivity index (χ0n) is 15.4. The minimum absolute atomic E-state index is 0.0488. The molecular weight excluding hydrogens is 476 g/mol. The van der Waals surface area contributed by atoms with E-state index in [0.29, 0.717) is 5.17 Å². The predicted octanol–water partition coefficient (Wildman–Crippen LogP) is 3.27. The van der Waals surface area contributed by atoms with Crippen LogP contribution in [0.4, 0.5) is 5.69 Å². The fourth-order valence-electron chi connectivity index (χ4n) is 3.44. The van der Waals surface area contributed by atoms with Crippen molar-refractivity contribution in [2.45, 2.75) is 18.7 Å². The van der Waals surface area contributed by atoms with Gasteiger partial charge in [0.2, 0.25) is 0 Å². The van der Waals surface area contributed by atoms with Crippen molar-refractivity contribution in [1.29, 1.82) is 0 Å². The molecule has 0 saturated carbocycles. The largest absolute Gasteiger partial charge is 0.460 e. The lowest BCUT2D eigenvalue weighted by Gasteiger charge is -2.26. The van der Waals surface area contributed by atoms with Gasteiger partial charge in [-0.05, 0) is 29.8 Å². The van der Waals surface area contributed by atoms with Crippen molar-refractivity contribution in [3.63, 3.8) is 0 Å². The number of esters is 1. The first-order chi connectivity index (χ1) is 13.9. The van der Waals surface area contributed by atoms with Gasteiger partial charge >= 0.3 is 5.97 Å². The van der Waals surface area contributed by atoms with Gasteiger partial charge in [0.05, 0.1) is 29.3 Å². The van der Waals surface area contributed by atoms with Gasteiger partial charge in [0.1, 0.15) is 6.61 Å². The Morgan fingerprint density at radius 3 is 2.59 bits per heavy atom. The van der Waals surface area contributed by atoms with Crippen LogP contribution in [0, 0.1) is 0 Å². The van der Waals surface area contributed by atoms with Gasteiger partial charge in [0.25, 0.3) is 0 Å². The minimum atomic E-state index is -3.11. The second kappa shape index (κ2) is 8.49. The first-order valence-electron chi connectivity index (χ1n) is 9.07. The van der Waals surface area contributed by atoms with Gasteiger partial charge in [0, 0.05) is 10.2 Å². The molecule has 2 atom stereocenters. The Kier molecular flexibility index (Phi) is 5.98. The van der Waals surface area contributed by atoms with Gasteiger partial charge in [-0.25, -0.2) is 8.42 Å². The number of carbonyl (C=O) groups excluding carboxylic acids is 1. The lowest BCUT2D eigenvalue weighted by atomic mass is 10.1. The van der Waals surface area contributed by atoms with E-state index in [1.165, 1.54) is 11.8 Å². The Labute approximate surface area is 182 Å². The number of aliphatic imine (C=N–C) groups is 1. The molecule has 0 spiro atoms. The minimum Gasteiger partial charge on any atom is -0.460 e. The number of benzene rings is 2. The molecule has 2 heterocycles. The van der Waals surface area contributed by atoms with Crippen molar-refractivity contribution >= 4 is 54.4 Å². The van der Waals surface area contributed by atoms with E-state index in [1.807, 2.05) is 59.5 Å². The van der Waals surface area contributed by atoms with E-state index in [-0.39, 0.29) is 41.9 Å². The van der Waals surface area contributed by atoms with Gasteiger partial charge in [-0.3, -0.25) is 9.79 Å². The number of hydrogen-bond acceptors (Lipinski definition) is 7. The number of carbonyl (C=O) groups is 1. The number of thioether (sulfide) groups is 1. The standard InChI is InChI=1S/C20H19BrN2O4S2/c21-15-6-8-16(9-7-15)23-18-13-29(25,26)12-17(18)22-20(23)28-11-19(24)27-10-14-4-2-1-3-5-14/h1-9,17-18H,10-13H2/t17-,18-/m1/s1. The lowest BCUT2D eigenvalue weighted by molar-refractivity contribution is -0.141. The van der Waals surface area contributed by atoms with E-state index >= 15 is 0 Å². The first kappa shape index (κ1) is 20.4. The van der Waals surface area contributed by atoms with E-state index in [1.54, 1.807) is 0 Å². The Morgan fingerprint density at radius 2 is 1.86 bits per heavy atom. The summed E-state index contributed by atoms with van der Waals surface area (Å²) in [5.41, 5.74) is 1.79. The molecule has 0 aromatic heterocycles. The Morgan fingerprint density at radius 1 is 1.14 bits per heavy atom. The molecule has 6 nitrogen and oxygen atoms in total. The van der Waals surface area contributed by atoms with Crippen LogP contribution in [0.2, 0.25) is 0 Å². The number of anilines is 1. The Balaban J connectivity index is 1.44. The molecule has 0 bridgehead atoms. The molecule has 0 amide bonds. The Hall–Kier alpha value is -1.84. The summed E-state index contributed by atoms with van der Waals surface area (Å²) >= 11 is 4.71. The fourth-order valence-corrected chi connectivity index (χ4v) is 6.47. The van der Waals surface area contributed by atoms with Crippen LogP contribution in [0.5, 0.6) is 0 Å². The van der Waals surface area contributed by atoms with Crippen molar-refractivity contribution in [1.82, 2.24) is 0 Å². The molecule has 0 aliphatic carbocycles.